The van der Waals surface area contributed by atoms with Crippen LogP contribution in [0, 0.1) is 16.0 Å². The molecule has 1 fully saturated rings. The van der Waals surface area contributed by atoms with Crippen LogP contribution >= 0.6 is 0 Å². The summed E-state index contributed by atoms with van der Waals surface area (Å²) in [6, 6.07) is 7.64. The predicted molar refractivity (Wildman–Crippen MR) is 71.7 cm³/mol. The van der Waals surface area contributed by atoms with E-state index >= 15 is 0 Å². The molecule has 3 atom stereocenters. The Kier molecular flexibility index (Phi) is 3.97. The van der Waals surface area contributed by atoms with Gasteiger partial charge in [-0.2, -0.15) is 0 Å². The second-order valence-corrected chi connectivity index (χ2v) is 5.08. The molecule has 0 bridgehead atoms. The number of rotatable bonds is 5. The highest BCUT2D eigenvalue weighted by Crippen LogP contribution is 2.45. The van der Waals surface area contributed by atoms with Crippen LogP contribution in [0.4, 0.5) is 5.69 Å². The maximum atomic E-state index is 11.0. The van der Waals surface area contributed by atoms with Gasteiger partial charge in [-0.15, -0.1) is 0 Å². The van der Waals surface area contributed by atoms with E-state index in [0.29, 0.717) is 17.9 Å². The topological polar surface area (TPSA) is 55.2 Å². The van der Waals surface area contributed by atoms with Crippen molar-refractivity contribution in [3.63, 3.8) is 0 Å². The summed E-state index contributed by atoms with van der Waals surface area (Å²) >= 11 is 0. The number of hydrogen-bond donors (Lipinski definition) is 1. The zero-order valence-electron chi connectivity index (χ0n) is 10.9. The van der Waals surface area contributed by atoms with Crippen LogP contribution in [0.1, 0.15) is 38.2 Å². The first-order valence-corrected chi connectivity index (χ1v) is 6.61. The quantitative estimate of drug-likeness (QED) is 0.643. The molecule has 1 saturated carbocycles. The Hall–Kier alpha value is -1.42. The van der Waals surface area contributed by atoms with Crippen LogP contribution in [-0.4, -0.2) is 17.5 Å². The SMILES string of the molecule is CCCNC1CC(c2ccccc2[N+](=O)[O-])C1C. The minimum absolute atomic E-state index is 0.267. The summed E-state index contributed by atoms with van der Waals surface area (Å²) in [6.45, 7) is 5.35. The van der Waals surface area contributed by atoms with Gasteiger partial charge in [-0.3, -0.25) is 10.1 Å². The molecule has 4 heteroatoms. The third-order valence-electron chi connectivity index (χ3n) is 3.97. The number of nitrogens with one attached hydrogen (secondary N) is 1. The van der Waals surface area contributed by atoms with E-state index < -0.39 is 0 Å². The van der Waals surface area contributed by atoms with Crippen molar-refractivity contribution in [2.24, 2.45) is 5.92 Å². The minimum atomic E-state index is -0.269. The van der Waals surface area contributed by atoms with Crippen LogP contribution in [0.15, 0.2) is 24.3 Å². The minimum Gasteiger partial charge on any atom is -0.314 e. The Bertz CT molecular complexity index is 434. The molecule has 1 N–H and O–H groups in total. The van der Waals surface area contributed by atoms with Gasteiger partial charge in [0.15, 0.2) is 0 Å². The van der Waals surface area contributed by atoms with Crippen molar-refractivity contribution in [1.82, 2.24) is 5.32 Å². The smallest absolute Gasteiger partial charge is 0.272 e. The first kappa shape index (κ1) is 13.0. The Morgan fingerprint density at radius 3 is 2.78 bits per heavy atom. The Balaban J connectivity index is 2.08. The van der Waals surface area contributed by atoms with Crippen molar-refractivity contribution in [3.8, 4) is 0 Å². The zero-order chi connectivity index (χ0) is 13.1. The zero-order valence-corrected chi connectivity index (χ0v) is 10.9. The van der Waals surface area contributed by atoms with E-state index in [2.05, 4.69) is 19.2 Å². The van der Waals surface area contributed by atoms with E-state index in [1.54, 1.807) is 12.1 Å². The molecule has 1 aromatic rings. The van der Waals surface area contributed by atoms with Crippen molar-refractivity contribution < 1.29 is 4.92 Å². The number of nitrogens with zero attached hydrogens (tertiary/aromatic N) is 1. The summed E-state index contributed by atoms with van der Waals surface area (Å²) in [5.74, 6) is 0.790. The Morgan fingerprint density at radius 1 is 1.44 bits per heavy atom. The van der Waals surface area contributed by atoms with Crippen molar-refractivity contribution >= 4 is 5.69 Å². The molecule has 3 unspecified atom stereocenters. The number of hydrogen-bond acceptors (Lipinski definition) is 3. The first-order chi connectivity index (χ1) is 8.65. The Labute approximate surface area is 108 Å². The molecule has 18 heavy (non-hydrogen) atoms. The Morgan fingerprint density at radius 2 is 2.17 bits per heavy atom. The number of para-hydroxylation sites is 1. The van der Waals surface area contributed by atoms with Crippen LogP contribution < -0.4 is 5.32 Å². The van der Waals surface area contributed by atoms with E-state index in [0.717, 1.165) is 24.9 Å². The molecule has 4 nitrogen and oxygen atoms in total. The van der Waals surface area contributed by atoms with Crippen molar-refractivity contribution in [1.29, 1.82) is 0 Å². The summed E-state index contributed by atoms with van der Waals surface area (Å²) in [7, 11) is 0. The third kappa shape index (κ3) is 2.38. The molecule has 1 aromatic carbocycles. The van der Waals surface area contributed by atoms with E-state index in [4.69, 9.17) is 0 Å². The normalized spacial score (nSPS) is 26.7. The molecule has 0 heterocycles. The standard InChI is InChI=1S/C14H20N2O2/c1-3-8-15-13-9-12(10(13)2)11-6-4-5-7-14(11)16(17)18/h4-7,10,12-13,15H,3,8-9H2,1-2H3. The second kappa shape index (κ2) is 5.48. The maximum absolute atomic E-state index is 11.0. The summed E-state index contributed by atoms with van der Waals surface area (Å²) in [5.41, 5.74) is 1.16. The first-order valence-electron chi connectivity index (χ1n) is 6.61. The predicted octanol–water partition coefficient (Wildman–Crippen LogP) is 3.09. The molecule has 0 saturated heterocycles. The van der Waals surface area contributed by atoms with Gasteiger partial charge >= 0.3 is 0 Å². The lowest BCUT2D eigenvalue weighted by Gasteiger charge is -2.43. The molecule has 0 spiro atoms. The van der Waals surface area contributed by atoms with Gasteiger partial charge in [0.05, 0.1) is 4.92 Å². The maximum Gasteiger partial charge on any atom is 0.272 e. The van der Waals surface area contributed by atoms with Crippen LogP contribution in [-0.2, 0) is 0 Å². The van der Waals surface area contributed by atoms with Crippen LogP contribution in [0.3, 0.4) is 0 Å². The molecule has 0 aliphatic heterocycles. The summed E-state index contributed by atoms with van der Waals surface area (Å²) in [4.78, 5) is 10.7. The lowest BCUT2D eigenvalue weighted by molar-refractivity contribution is -0.386. The lowest BCUT2D eigenvalue weighted by Crippen LogP contribution is -2.48. The fourth-order valence-electron chi connectivity index (χ4n) is 2.76. The summed E-state index contributed by atoms with van der Waals surface area (Å²) in [5, 5.41) is 14.5. The average molecular weight is 248 g/mol. The van der Waals surface area contributed by atoms with Gasteiger partial charge in [0, 0.05) is 17.7 Å². The average Bonchev–Trinajstić information content (AvgIpc) is 2.37. The molecule has 0 radical (unpaired) electrons. The summed E-state index contributed by atoms with van der Waals surface area (Å²) < 4.78 is 0. The second-order valence-electron chi connectivity index (χ2n) is 5.08. The van der Waals surface area contributed by atoms with Gasteiger partial charge in [0.1, 0.15) is 0 Å². The summed E-state index contributed by atoms with van der Waals surface area (Å²) in [6.07, 6.45) is 2.13. The third-order valence-corrected chi connectivity index (χ3v) is 3.97. The van der Waals surface area contributed by atoms with Gasteiger partial charge in [-0.05, 0) is 31.2 Å². The fraction of sp³-hybridized carbons (Fsp3) is 0.571. The molecule has 2 rings (SSSR count). The van der Waals surface area contributed by atoms with E-state index in [-0.39, 0.29) is 10.6 Å². The van der Waals surface area contributed by atoms with Gasteiger partial charge in [-0.25, -0.2) is 0 Å². The van der Waals surface area contributed by atoms with Crippen LogP contribution in [0.25, 0.3) is 0 Å². The van der Waals surface area contributed by atoms with E-state index in [1.165, 1.54) is 0 Å². The molecule has 1 aliphatic rings. The highest BCUT2D eigenvalue weighted by molar-refractivity contribution is 5.44. The molecular weight excluding hydrogens is 228 g/mol. The molecule has 98 valence electrons. The molecular formula is C14H20N2O2. The molecule has 1 aliphatic carbocycles. The lowest BCUT2D eigenvalue weighted by atomic mass is 9.66. The highest BCUT2D eigenvalue weighted by atomic mass is 16.6. The van der Waals surface area contributed by atoms with Crippen LogP contribution in [0.5, 0.6) is 0 Å². The highest BCUT2D eigenvalue weighted by Gasteiger charge is 2.40. The van der Waals surface area contributed by atoms with Crippen molar-refractivity contribution in [2.75, 3.05) is 6.54 Å². The van der Waals surface area contributed by atoms with E-state index in [1.807, 2.05) is 12.1 Å². The van der Waals surface area contributed by atoms with Gasteiger partial charge in [-0.1, -0.05) is 32.0 Å². The number of nitro benzene ring substituents is 1. The number of benzene rings is 1. The van der Waals surface area contributed by atoms with E-state index in [9.17, 15) is 10.1 Å². The van der Waals surface area contributed by atoms with Gasteiger partial charge < -0.3 is 5.32 Å². The monoisotopic (exact) mass is 248 g/mol. The fourth-order valence-corrected chi connectivity index (χ4v) is 2.76. The number of nitro groups is 1. The van der Waals surface area contributed by atoms with Crippen LogP contribution in [0.2, 0.25) is 0 Å². The molecule has 0 amide bonds. The largest absolute Gasteiger partial charge is 0.314 e. The van der Waals surface area contributed by atoms with Gasteiger partial charge in [0.2, 0.25) is 0 Å². The van der Waals surface area contributed by atoms with Crippen molar-refractivity contribution in [2.45, 2.75) is 38.6 Å². The van der Waals surface area contributed by atoms with Crippen molar-refractivity contribution in [3.05, 3.63) is 39.9 Å². The van der Waals surface area contributed by atoms with Gasteiger partial charge in [0.25, 0.3) is 5.69 Å². The molecule has 0 aromatic heterocycles.